The Morgan fingerprint density at radius 3 is 2.77 bits per heavy atom. The molecule has 1 N–H and O–H groups in total. The third kappa shape index (κ3) is 6.49. The van der Waals surface area contributed by atoms with Crippen LogP contribution in [-0.2, 0) is 17.9 Å². The Bertz CT molecular complexity index is 831. The Labute approximate surface area is 187 Å². The normalized spacial score (nSPS) is 13.3. The molecule has 0 atom stereocenters. The van der Waals surface area contributed by atoms with Crippen molar-refractivity contribution in [3.8, 4) is 11.5 Å². The first-order chi connectivity index (χ1) is 14.1. The molecule has 1 fully saturated rings. The summed E-state index contributed by atoms with van der Waals surface area (Å²) in [6, 6.07) is 10.2. The van der Waals surface area contributed by atoms with Crippen LogP contribution < -0.4 is 14.8 Å². The highest BCUT2D eigenvalue weighted by Gasteiger charge is 2.18. The van der Waals surface area contributed by atoms with E-state index in [4.69, 9.17) is 21.1 Å². The van der Waals surface area contributed by atoms with E-state index in [0.29, 0.717) is 35.1 Å². The molecule has 0 aliphatic carbocycles. The van der Waals surface area contributed by atoms with Crippen molar-refractivity contribution < 1.29 is 18.7 Å². The molecule has 0 unspecified atom stereocenters. The number of likely N-dealkylation sites (tertiary alicyclic amines) is 1. The van der Waals surface area contributed by atoms with Crippen LogP contribution in [0.25, 0.3) is 0 Å². The first-order valence-corrected chi connectivity index (χ1v) is 10.2. The summed E-state index contributed by atoms with van der Waals surface area (Å²) in [7, 11) is 1.57. The zero-order valence-electron chi connectivity index (χ0n) is 17.0. The summed E-state index contributed by atoms with van der Waals surface area (Å²) in [5.41, 5.74) is 1.37. The van der Waals surface area contributed by atoms with Gasteiger partial charge in [0.1, 0.15) is 12.4 Å². The van der Waals surface area contributed by atoms with E-state index in [1.807, 2.05) is 23.1 Å². The van der Waals surface area contributed by atoms with Gasteiger partial charge in [0, 0.05) is 31.6 Å². The molecule has 1 heterocycles. The molecule has 3 rings (SSSR count). The predicted octanol–water partition coefficient (Wildman–Crippen LogP) is 4.59. The molecule has 0 radical (unpaired) electrons. The lowest BCUT2D eigenvalue weighted by Crippen LogP contribution is -2.28. The minimum Gasteiger partial charge on any atom is -0.493 e. The van der Waals surface area contributed by atoms with Crippen LogP contribution in [0.15, 0.2) is 36.4 Å². The first-order valence-electron chi connectivity index (χ1n) is 9.79. The van der Waals surface area contributed by atoms with E-state index in [2.05, 4.69) is 5.32 Å². The molecule has 0 bridgehead atoms. The molecule has 1 saturated heterocycles. The molecule has 1 aliphatic rings. The molecule has 164 valence electrons. The second kappa shape index (κ2) is 12.0. The fraction of sp³-hybridized carbons (Fsp3) is 0.409. The Morgan fingerprint density at radius 2 is 2.07 bits per heavy atom. The van der Waals surface area contributed by atoms with Crippen LogP contribution in [0, 0.1) is 5.82 Å². The van der Waals surface area contributed by atoms with E-state index < -0.39 is 5.82 Å². The number of ether oxygens (including phenoxy) is 2. The zero-order valence-corrected chi connectivity index (χ0v) is 18.5. The Morgan fingerprint density at radius 1 is 1.23 bits per heavy atom. The summed E-state index contributed by atoms with van der Waals surface area (Å²) in [6.45, 7) is 3.23. The van der Waals surface area contributed by atoms with Crippen molar-refractivity contribution in [2.24, 2.45) is 0 Å². The highest BCUT2D eigenvalue weighted by atomic mass is 35.5. The van der Waals surface area contributed by atoms with Gasteiger partial charge in [0.05, 0.1) is 12.1 Å². The van der Waals surface area contributed by atoms with E-state index >= 15 is 0 Å². The maximum atomic E-state index is 13.9. The number of carbonyl (C=O) groups excluding carboxylic acids is 1. The highest BCUT2D eigenvalue weighted by molar-refractivity contribution is 6.31. The molecule has 5 nitrogen and oxygen atoms in total. The predicted molar refractivity (Wildman–Crippen MR) is 118 cm³/mol. The summed E-state index contributed by atoms with van der Waals surface area (Å²) < 4.78 is 25.0. The molecule has 2 aromatic rings. The van der Waals surface area contributed by atoms with Gasteiger partial charge in [-0.2, -0.15) is 0 Å². The van der Waals surface area contributed by atoms with Gasteiger partial charge in [0.15, 0.2) is 11.5 Å². The molecule has 1 amide bonds. The molecule has 2 aromatic carbocycles. The van der Waals surface area contributed by atoms with Crippen molar-refractivity contribution in [1.82, 2.24) is 10.2 Å². The number of nitrogens with one attached hydrogen (secondary N) is 1. The van der Waals surface area contributed by atoms with Crippen molar-refractivity contribution in [3.63, 3.8) is 0 Å². The molecule has 0 saturated carbocycles. The monoisotopic (exact) mass is 456 g/mol. The van der Waals surface area contributed by atoms with Gasteiger partial charge in [-0.25, -0.2) is 4.39 Å². The van der Waals surface area contributed by atoms with Crippen LogP contribution in [0.1, 0.15) is 30.4 Å². The van der Waals surface area contributed by atoms with E-state index in [9.17, 15) is 9.18 Å². The van der Waals surface area contributed by atoms with Gasteiger partial charge in [-0.05, 0) is 49.2 Å². The molecule has 30 heavy (non-hydrogen) atoms. The number of halogens is 3. The number of methoxy groups -OCH3 is 1. The topological polar surface area (TPSA) is 50.8 Å². The van der Waals surface area contributed by atoms with Gasteiger partial charge in [-0.15, -0.1) is 12.4 Å². The molecule has 8 heteroatoms. The van der Waals surface area contributed by atoms with Gasteiger partial charge >= 0.3 is 0 Å². The summed E-state index contributed by atoms with van der Waals surface area (Å²) in [5.74, 6) is 0.984. The minimum atomic E-state index is -0.395. The quantitative estimate of drug-likeness (QED) is 0.531. The van der Waals surface area contributed by atoms with Crippen molar-refractivity contribution in [2.45, 2.75) is 32.4 Å². The van der Waals surface area contributed by atoms with Crippen LogP contribution >= 0.6 is 24.0 Å². The van der Waals surface area contributed by atoms with Crippen molar-refractivity contribution >= 4 is 29.9 Å². The number of hydrogen-bond donors (Lipinski definition) is 1. The van der Waals surface area contributed by atoms with Gasteiger partial charge in [-0.3, -0.25) is 4.79 Å². The number of carbonyl (C=O) groups is 1. The average Bonchev–Trinajstić information content (AvgIpc) is 3.12. The number of amides is 1. The fourth-order valence-corrected chi connectivity index (χ4v) is 3.55. The Kier molecular flexibility index (Phi) is 9.69. The van der Waals surface area contributed by atoms with E-state index in [-0.39, 0.29) is 24.9 Å². The number of nitrogens with zero attached hydrogens (tertiary/aromatic N) is 1. The fourth-order valence-electron chi connectivity index (χ4n) is 3.33. The zero-order chi connectivity index (χ0) is 20.6. The van der Waals surface area contributed by atoms with E-state index in [0.717, 1.165) is 38.0 Å². The lowest BCUT2D eigenvalue weighted by atomic mass is 10.2. The maximum absolute atomic E-state index is 13.9. The van der Waals surface area contributed by atoms with Crippen molar-refractivity contribution in [2.75, 3.05) is 26.7 Å². The van der Waals surface area contributed by atoms with Crippen molar-refractivity contribution in [3.05, 3.63) is 58.4 Å². The van der Waals surface area contributed by atoms with Gasteiger partial charge in [0.25, 0.3) is 0 Å². The maximum Gasteiger partial charge on any atom is 0.222 e. The largest absolute Gasteiger partial charge is 0.493 e. The van der Waals surface area contributed by atoms with E-state index in [1.165, 1.54) is 6.07 Å². The van der Waals surface area contributed by atoms with Crippen LogP contribution in [0.2, 0.25) is 5.02 Å². The van der Waals surface area contributed by atoms with Crippen LogP contribution in [0.5, 0.6) is 11.5 Å². The second-order valence-corrected chi connectivity index (χ2v) is 7.40. The smallest absolute Gasteiger partial charge is 0.222 e. The average molecular weight is 457 g/mol. The van der Waals surface area contributed by atoms with Gasteiger partial charge in [-0.1, -0.05) is 23.7 Å². The van der Waals surface area contributed by atoms with Gasteiger partial charge in [0.2, 0.25) is 5.91 Å². The third-order valence-corrected chi connectivity index (χ3v) is 5.30. The van der Waals surface area contributed by atoms with Crippen molar-refractivity contribution in [1.29, 1.82) is 0 Å². The molecule has 1 aliphatic heterocycles. The van der Waals surface area contributed by atoms with Crippen LogP contribution in [-0.4, -0.2) is 37.6 Å². The highest BCUT2D eigenvalue weighted by Crippen LogP contribution is 2.30. The molecule has 0 spiro atoms. The molecule has 0 aromatic heterocycles. The van der Waals surface area contributed by atoms with Crippen LogP contribution in [0.4, 0.5) is 4.39 Å². The standard InChI is InChI=1S/C22H26ClFN2O3.ClH/c1-28-21-13-16(14-25-10-4-12-26-11-3-7-22(26)27)8-9-20(21)29-15-17-18(23)5-2-6-19(17)24;/h2,5-6,8-9,13,25H,3-4,7,10-12,14-15H2,1H3;1H. The molecular formula is C22H27Cl2FN2O3. The van der Waals surface area contributed by atoms with E-state index in [1.54, 1.807) is 19.2 Å². The summed E-state index contributed by atoms with van der Waals surface area (Å²) in [4.78, 5) is 13.5. The number of hydrogen-bond acceptors (Lipinski definition) is 4. The molecular weight excluding hydrogens is 430 g/mol. The van der Waals surface area contributed by atoms with Crippen LogP contribution in [0.3, 0.4) is 0 Å². The number of benzene rings is 2. The summed E-state index contributed by atoms with van der Waals surface area (Å²) in [5, 5.41) is 3.72. The Hall–Kier alpha value is -2.02. The van der Waals surface area contributed by atoms with Gasteiger partial charge < -0.3 is 19.7 Å². The first kappa shape index (κ1) is 24.3. The lowest BCUT2D eigenvalue weighted by molar-refractivity contribution is -0.127. The third-order valence-electron chi connectivity index (χ3n) is 4.94. The number of rotatable bonds is 10. The summed E-state index contributed by atoms with van der Waals surface area (Å²) in [6.07, 6.45) is 2.59. The summed E-state index contributed by atoms with van der Waals surface area (Å²) >= 11 is 6.05. The lowest BCUT2D eigenvalue weighted by Gasteiger charge is -2.16. The minimum absolute atomic E-state index is 0. The second-order valence-electron chi connectivity index (χ2n) is 6.99. The SMILES string of the molecule is COc1cc(CNCCCN2CCCC2=O)ccc1OCc1c(F)cccc1Cl.Cl. The Balaban J connectivity index is 0.00000320.